The van der Waals surface area contributed by atoms with E-state index in [9.17, 15) is 8.42 Å². The molecule has 0 aromatic heterocycles. The molecular weight excluding hydrogens is 260 g/mol. The summed E-state index contributed by atoms with van der Waals surface area (Å²) in [5.74, 6) is 3.89. The Morgan fingerprint density at radius 1 is 0.947 bits per heavy atom. The summed E-state index contributed by atoms with van der Waals surface area (Å²) < 4.78 is 25.4. The highest BCUT2D eigenvalue weighted by molar-refractivity contribution is 7.89. The third-order valence-electron chi connectivity index (χ3n) is 5.43. The Hall–Kier alpha value is -0.130. The molecule has 4 nitrogen and oxygen atoms in total. The third kappa shape index (κ3) is 2.98. The second kappa shape index (κ2) is 5.34. The summed E-state index contributed by atoms with van der Waals surface area (Å²) in [7, 11) is -3.03. The molecule has 110 valence electrons. The van der Waals surface area contributed by atoms with Crippen LogP contribution in [-0.4, -0.2) is 33.3 Å². The van der Waals surface area contributed by atoms with Gasteiger partial charge in [0.2, 0.25) is 10.0 Å². The van der Waals surface area contributed by atoms with Gasteiger partial charge in [0.05, 0.1) is 5.75 Å². The normalized spacial score (nSPS) is 40.8. The largest absolute Gasteiger partial charge is 0.312 e. The van der Waals surface area contributed by atoms with Crippen molar-refractivity contribution in [1.82, 2.24) is 10.0 Å². The summed E-state index contributed by atoms with van der Waals surface area (Å²) in [6, 6.07) is 0.652. The lowest BCUT2D eigenvalue weighted by Gasteiger charge is -2.54. The molecule has 0 radical (unpaired) electrons. The Morgan fingerprint density at radius 2 is 1.53 bits per heavy atom. The SMILES string of the molecule is CCS(=O)(=O)NCCNC1C2CC3CC(C2)CC1C3. The summed E-state index contributed by atoms with van der Waals surface area (Å²) in [6.07, 6.45) is 7.11. The fraction of sp³-hybridized carbons (Fsp3) is 1.00. The molecule has 0 saturated heterocycles. The number of hydrogen-bond acceptors (Lipinski definition) is 3. The highest BCUT2D eigenvalue weighted by Crippen LogP contribution is 2.53. The maximum absolute atomic E-state index is 11.4. The Balaban J connectivity index is 1.46. The van der Waals surface area contributed by atoms with Crippen molar-refractivity contribution in [2.75, 3.05) is 18.8 Å². The second-order valence-corrected chi connectivity index (χ2v) is 8.80. The number of hydrogen-bond donors (Lipinski definition) is 2. The van der Waals surface area contributed by atoms with Crippen LogP contribution in [0.2, 0.25) is 0 Å². The predicted molar refractivity (Wildman–Crippen MR) is 76.3 cm³/mol. The molecule has 0 spiro atoms. The van der Waals surface area contributed by atoms with Crippen LogP contribution in [0, 0.1) is 23.7 Å². The van der Waals surface area contributed by atoms with Gasteiger partial charge in [-0.3, -0.25) is 0 Å². The molecule has 5 heteroatoms. The van der Waals surface area contributed by atoms with E-state index in [4.69, 9.17) is 0 Å². The first kappa shape index (κ1) is 13.8. The van der Waals surface area contributed by atoms with Crippen molar-refractivity contribution >= 4 is 10.0 Å². The quantitative estimate of drug-likeness (QED) is 0.725. The highest BCUT2D eigenvalue weighted by Gasteiger charge is 2.47. The molecule has 4 bridgehead atoms. The first-order valence-corrected chi connectivity index (χ1v) is 9.43. The Morgan fingerprint density at radius 3 is 2.05 bits per heavy atom. The van der Waals surface area contributed by atoms with Gasteiger partial charge in [-0.1, -0.05) is 0 Å². The minimum absolute atomic E-state index is 0.172. The van der Waals surface area contributed by atoms with Crippen molar-refractivity contribution in [2.45, 2.75) is 45.1 Å². The van der Waals surface area contributed by atoms with Crippen LogP contribution in [0.1, 0.15) is 39.0 Å². The average Bonchev–Trinajstić information content (AvgIpc) is 2.36. The minimum Gasteiger partial charge on any atom is -0.312 e. The fourth-order valence-corrected chi connectivity index (χ4v) is 5.42. The first-order valence-electron chi connectivity index (χ1n) is 7.78. The van der Waals surface area contributed by atoms with E-state index in [1.807, 2.05) is 0 Å². The molecule has 0 aliphatic heterocycles. The highest BCUT2D eigenvalue weighted by atomic mass is 32.2. The van der Waals surface area contributed by atoms with E-state index in [0.29, 0.717) is 12.6 Å². The zero-order valence-electron chi connectivity index (χ0n) is 11.8. The summed E-state index contributed by atoms with van der Waals surface area (Å²) in [5, 5.41) is 3.63. The van der Waals surface area contributed by atoms with Crippen molar-refractivity contribution in [3.05, 3.63) is 0 Å². The minimum atomic E-state index is -3.03. The van der Waals surface area contributed by atoms with Crippen LogP contribution in [0.25, 0.3) is 0 Å². The zero-order valence-corrected chi connectivity index (χ0v) is 12.6. The van der Waals surface area contributed by atoms with E-state index in [1.165, 1.54) is 32.1 Å². The molecule has 0 atom stereocenters. The van der Waals surface area contributed by atoms with Gasteiger partial charge >= 0.3 is 0 Å². The number of rotatable bonds is 6. The summed E-state index contributed by atoms with van der Waals surface area (Å²) in [4.78, 5) is 0. The van der Waals surface area contributed by atoms with Gasteiger partial charge < -0.3 is 5.32 Å². The van der Waals surface area contributed by atoms with Crippen LogP contribution < -0.4 is 10.0 Å². The van der Waals surface area contributed by atoms with Crippen LogP contribution >= 0.6 is 0 Å². The monoisotopic (exact) mass is 286 g/mol. The van der Waals surface area contributed by atoms with Crippen LogP contribution in [0.3, 0.4) is 0 Å². The van der Waals surface area contributed by atoms with E-state index in [2.05, 4.69) is 10.0 Å². The van der Waals surface area contributed by atoms with E-state index >= 15 is 0 Å². The Labute approximate surface area is 116 Å². The van der Waals surface area contributed by atoms with Crippen LogP contribution in [0.5, 0.6) is 0 Å². The van der Waals surface area contributed by atoms with Crippen LogP contribution in [0.4, 0.5) is 0 Å². The van der Waals surface area contributed by atoms with E-state index in [0.717, 1.165) is 30.2 Å². The van der Waals surface area contributed by atoms with Gasteiger partial charge in [-0.15, -0.1) is 0 Å². The van der Waals surface area contributed by atoms with E-state index in [-0.39, 0.29) is 5.75 Å². The molecule has 4 fully saturated rings. The molecule has 0 heterocycles. The fourth-order valence-electron chi connectivity index (χ4n) is 4.81. The van der Waals surface area contributed by atoms with Crippen molar-refractivity contribution in [3.63, 3.8) is 0 Å². The predicted octanol–water partition coefficient (Wildman–Crippen LogP) is 1.34. The maximum atomic E-state index is 11.4. The molecule has 0 aromatic rings. The van der Waals surface area contributed by atoms with Crippen molar-refractivity contribution in [3.8, 4) is 0 Å². The second-order valence-electron chi connectivity index (χ2n) is 6.71. The van der Waals surface area contributed by atoms with Crippen molar-refractivity contribution < 1.29 is 8.42 Å². The Kier molecular flexibility index (Phi) is 3.89. The lowest BCUT2D eigenvalue weighted by atomic mass is 9.54. The van der Waals surface area contributed by atoms with Gasteiger partial charge in [0.1, 0.15) is 0 Å². The van der Waals surface area contributed by atoms with Gasteiger partial charge in [0.25, 0.3) is 0 Å². The van der Waals surface area contributed by atoms with Gasteiger partial charge in [0.15, 0.2) is 0 Å². The van der Waals surface area contributed by atoms with Crippen LogP contribution in [0.15, 0.2) is 0 Å². The molecule has 19 heavy (non-hydrogen) atoms. The van der Waals surface area contributed by atoms with E-state index in [1.54, 1.807) is 6.92 Å². The number of nitrogens with one attached hydrogen (secondary N) is 2. The molecule has 0 aromatic carbocycles. The van der Waals surface area contributed by atoms with Crippen molar-refractivity contribution in [2.24, 2.45) is 23.7 Å². The smallest absolute Gasteiger partial charge is 0.211 e. The molecule has 2 N–H and O–H groups in total. The van der Waals surface area contributed by atoms with Gasteiger partial charge in [-0.25, -0.2) is 13.1 Å². The molecule has 4 aliphatic carbocycles. The standard InChI is InChI=1S/C14H26N2O2S/c1-2-19(17,18)16-4-3-15-14-12-6-10-5-11(8-12)9-13(14)7-10/h10-16H,2-9H2,1H3. The van der Waals surface area contributed by atoms with Gasteiger partial charge in [0, 0.05) is 19.1 Å². The summed E-state index contributed by atoms with van der Waals surface area (Å²) in [6.45, 7) is 2.97. The maximum Gasteiger partial charge on any atom is 0.211 e. The molecule has 4 rings (SSSR count). The van der Waals surface area contributed by atoms with Crippen molar-refractivity contribution in [1.29, 1.82) is 0 Å². The van der Waals surface area contributed by atoms with E-state index < -0.39 is 10.0 Å². The Bertz CT molecular complexity index is 393. The summed E-state index contributed by atoms with van der Waals surface area (Å²) in [5.41, 5.74) is 0. The first-order chi connectivity index (χ1) is 9.07. The van der Waals surface area contributed by atoms with Crippen LogP contribution in [-0.2, 0) is 10.0 Å². The molecular formula is C14H26N2O2S. The molecule has 4 aliphatic rings. The molecule has 0 unspecified atom stereocenters. The topological polar surface area (TPSA) is 58.2 Å². The third-order valence-corrected chi connectivity index (χ3v) is 6.84. The summed E-state index contributed by atoms with van der Waals surface area (Å²) >= 11 is 0. The molecule has 0 amide bonds. The average molecular weight is 286 g/mol. The van der Waals surface area contributed by atoms with Gasteiger partial charge in [-0.05, 0) is 62.7 Å². The molecule has 4 saturated carbocycles. The lowest BCUT2D eigenvalue weighted by Crippen LogP contribution is -2.55. The number of sulfonamides is 1. The van der Waals surface area contributed by atoms with Gasteiger partial charge in [-0.2, -0.15) is 0 Å². The zero-order chi connectivity index (χ0) is 13.5. The lowest BCUT2D eigenvalue weighted by molar-refractivity contribution is -0.0132.